The Morgan fingerprint density at radius 3 is 2.58 bits per heavy atom. The number of halogens is 1. The molecule has 5 nitrogen and oxygen atoms in total. The van der Waals surface area contributed by atoms with Crippen molar-refractivity contribution in [2.45, 2.75) is 55.5 Å². The van der Waals surface area contributed by atoms with Crippen LogP contribution in [0.4, 0.5) is 4.39 Å². The first-order valence-electron chi connectivity index (χ1n) is 9.48. The van der Waals surface area contributed by atoms with Crippen LogP contribution in [-0.4, -0.2) is 43.9 Å². The molecule has 1 aromatic rings. The fourth-order valence-corrected chi connectivity index (χ4v) is 5.38. The van der Waals surface area contributed by atoms with E-state index in [4.69, 9.17) is 0 Å². The minimum atomic E-state index is -3.64. The number of alkyl halides is 1. The number of aryl methyl sites for hydroxylation is 2. The van der Waals surface area contributed by atoms with Gasteiger partial charge in [-0.05, 0) is 61.3 Å². The molecule has 7 heteroatoms. The van der Waals surface area contributed by atoms with Gasteiger partial charge in [-0.1, -0.05) is 6.07 Å². The second-order valence-corrected chi connectivity index (χ2v) is 9.74. The molecule has 3 aliphatic rings. The average Bonchev–Trinajstić information content (AvgIpc) is 3.34. The molecule has 1 heterocycles. The van der Waals surface area contributed by atoms with Gasteiger partial charge >= 0.3 is 0 Å². The zero-order chi connectivity index (χ0) is 18.4. The molecule has 0 aromatic heterocycles. The van der Waals surface area contributed by atoms with Crippen molar-refractivity contribution in [3.63, 3.8) is 0 Å². The van der Waals surface area contributed by atoms with Gasteiger partial charge in [0.05, 0.1) is 4.90 Å². The first kappa shape index (κ1) is 17.9. The molecule has 1 aromatic carbocycles. The lowest BCUT2D eigenvalue weighted by Gasteiger charge is -2.34. The molecule has 0 atom stereocenters. The molecule has 0 spiro atoms. The lowest BCUT2D eigenvalue weighted by molar-refractivity contribution is -0.135. The first-order chi connectivity index (χ1) is 12.4. The fraction of sp³-hybridized carbons (Fsp3) is 0.632. The summed E-state index contributed by atoms with van der Waals surface area (Å²) in [5.74, 6) is -0.0956. The molecular formula is C19H25FN2O3S. The van der Waals surface area contributed by atoms with Gasteiger partial charge in [-0.15, -0.1) is 0 Å². The number of fused-ring (bicyclic) bond motifs is 1. The number of amides is 1. The summed E-state index contributed by atoms with van der Waals surface area (Å²) in [5, 5.41) is 2.69. The normalized spacial score (nSPS) is 22.8. The molecule has 4 rings (SSSR count). The molecule has 1 aliphatic heterocycles. The number of carbonyl (C=O) groups excluding carboxylic acids is 1. The van der Waals surface area contributed by atoms with Gasteiger partial charge in [-0.25, -0.2) is 12.8 Å². The number of hydrogen-bond donors (Lipinski definition) is 1. The molecular weight excluding hydrogens is 355 g/mol. The summed E-state index contributed by atoms with van der Waals surface area (Å²) in [7, 11) is -3.64. The predicted octanol–water partition coefficient (Wildman–Crippen LogP) is 2.19. The fourth-order valence-electron chi connectivity index (χ4n) is 3.88. The van der Waals surface area contributed by atoms with Crippen LogP contribution in [0, 0.1) is 5.92 Å². The van der Waals surface area contributed by atoms with Crippen LogP contribution >= 0.6 is 0 Å². The van der Waals surface area contributed by atoms with Crippen molar-refractivity contribution < 1.29 is 17.6 Å². The summed E-state index contributed by atoms with van der Waals surface area (Å²) >= 11 is 0. The number of sulfonamides is 1. The van der Waals surface area contributed by atoms with Crippen LogP contribution in [0.25, 0.3) is 0 Å². The van der Waals surface area contributed by atoms with Gasteiger partial charge in [-0.3, -0.25) is 4.79 Å². The maximum absolute atomic E-state index is 14.9. The van der Waals surface area contributed by atoms with E-state index in [1.807, 2.05) is 6.07 Å². The molecule has 1 N–H and O–H groups in total. The Balaban J connectivity index is 1.42. The highest BCUT2D eigenvalue weighted by Crippen LogP contribution is 2.33. The zero-order valence-electron chi connectivity index (χ0n) is 14.8. The molecule has 1 saturated heterocycles. The smallest absolute Gasteiger partial charge is 0.257 e. The molecule has 2 fully saturated rings. The highest BCUT2D eigenvalue weighted by molar-refractivity contribution is 7.89. The summed E-state index contributed by atoms with van der Waals surface area (Å²) in [6, 6.07) is 5.31. The van der Waals surface area contributed by atoms with Crippen molar-refractivity contribution in [1.29, 1.82) is 0 Å². The Labute approximate surface area is 154 Å². The Hall–Kier alpha value is -1.47. The summed E-state index contributed by atoms with van der Waals surface area (Å²) in [6.07, 6.45) is 4.97. The molecule has 1 amide bonds. The Kier molecular flexibility index (Phi) is 4.55. The van der Waals surface area contributed by atoms with E-state index in [1.165, 1.54) is 9.87 Å². The SMILES string of the molecule is O=C(NCC1CC1)C1(F)CCN(S(=O)(=O)c2ccc3c(c2)CCC3)CC1. The van der Waals surface area contributed by atoms with Crippen molar-refractivity contribution in [2.75, 3.05) is 19.6 Å². The minimum absolute atomic E-state index is 0.0345. The van der Waals surface area contributed by atoms with E-state index in [2.05, 4.69) is 5.32 Å². The topological polar surface area (TPSA) is 66.5 Å². The second-order valence-electron chi connectivity index (χ2n) is 7.81. The number of nitrogens with one attached hydrogen (secondary N) is 1. The number of nitrogens with zero attached hydrogens (tertiary/aromatic N) is 1. The Morgan fingerprint density at radius 2 is 1.88 bits per heavy atom. The van der Waals surface area contributed by atoms with E-state index in [-0.39, 0.29) is 30.8 Å². The van der Waals surface area contributed by atoms with Gasteiger partial charge in [-0.2, -0.15) is 4.31 Å². The summed E-state index contributed by atoms with van der Waals surface area (Å²) in [4.78, 5) is 12.4. The molecule has 26 heavy (non-hydrogen) atoms. The van der Waals surface area contributed by atoms with E-state index in [0.29, 0.717) is 12.5 Å². The third-order valence-electron chi connectivity index (χ3n) is 5.88. The average molecular weight is 380 g/mol. The van der Waals surface area contributed by atoms with Crippen LogP contribution in [0.2, 0.25) is 0 Å². The molecule has 0 unspecified atom stereocenters. The lowest BCUT2D eigenvalue weighted by Crippen LogP contribution is -2.52. The molecule has 2 aliphatic carbocycles. The van der Waals surface area contributed by atoms with Gasteiger partial charge in [0.25, 0.3) is 5.91 Å². The quantitative estimate of drug-likeness (QED) is 0.852. The standard InChI is InChI=1S/C19H25FN2O3S/c20-19(18(23)21-13-14-4-5-14)8-10-22(11-9-19)26(24,25)17-7-6-15-2-1-3-16(15)12-17/h6-7,12,14H,1-5,8-11,13H2,(H,21,23). The summed E-state index contributed by atoms with van der Waals surface area (Å²) < 4.78 is 42.1. The molecule has 142 valence electrons. The largest absolute Gasteiger partial charge is 0.353 e. The number of benzene rings is 1. The van der Waals surface area contributed by atoms with Crippen LogP contribution in [0.3, 0.4) is 0 Å². The van der Waals surface area contributed by atoms with E-state index in [9.17, 15) is 17.6 Å². The van der Waals surface area contributed by atoms with Gasteiger partial charge in [0, 0.05) is 32.5 Å². The van der Waals surface area contributed by atoms with Crippen LogP contribution < -0.4 is 5.32 Å². The number of piperidine rings is 1. The maximum atomic E-state index is 14.9. The summed E-state index contributed by atoms with van der Waals surface area (Å²) in [6.45, 7) is 0.598. The van der Waals surface area contributed by atoms with Crippen LogP contribution in [-0.2, 0) is 27.7 Å². The van der Waals surface area contributed by atoms with Crippen molar-refractivity contribution in [3.8, 4) is 0 Å². The number of rotatable bonds is 5. The van der Waals surface area contributed by atoms with Crippen LogP contribution in [0.15, 0.2) is 23.1 Å². The predicted molar refractivity (Wildman–Crippen MR) is 96.0 cm³/mol. The molecule has 1 saturated carbocycles. The monoisotopic (exact) mass is 380 g/mol. The van der Waals surface area contributed by atoms with Gasteiger partial charge in [0.2, 0.25) is 10.0 Å². The van der Waals surface area contributed by atoms with Crippen molar-refractivity contribution in [3.05, 3.63) is 29.3 Å². The molecule has 0 bridgehead atoms. The van der Waals surface area contributed by atoms with E-state index < -0.39 is 21.6 Å². The molecule has 0 radical (unpaired) electrons. The van der Waals surface area contributed by atoms with E-state index in [1.54, 1.807) is 12.1 Å². The Bertz CT molecular complexity index is 812. The Morgan fingerprint density at radius 1 is 1.19 bits per heavy atom. The van der Waals surface area contributed by atoms with Crippen LogP contribution in [0.5, 0.6) is 0 Å². The van der Waals surface area contributed by atoms with E-state index >= 15 is 0 Å². The van der Waals surface area contributed by atoms with Gasteiger partial charge in [0.1, 0.15) is 0 Å². The third kappa shape index (κ3) is 3.39. The second kappa shape index (κ2) is 6.60. The highest BCUT2D eigenvalue weighted by atomic mass is 32.2. The highest BCUT2D eigenvalue weighted by Gasteiger charge is 2.44. The van der Waals surface area contributed by atoms with Crippen molar-refractivity contribution in [2.24, 2.45) is 5.92 Å². The lowest BCUT2D eigenvalue weighted by atomic mass is 9.93. The number of hydrogen-bond acceptors (Lipinski definition) is 3. The number of carbonyl (C=O) groups is 1. The van der Waals surface area contributed by atoms with E-state index in [0.717, 1.165) is 37.7 Å². The zero-order valence-corrected chi connectivity index (χ0v) is 15.7. The van der Waals surface area contributed by atoms with Crippen LogP contribution in [0.1, 0.15) is 43.2 Å². The van der Waals surface area contributed by atoms with Gasteiger partial charge < -0.3 is 5.32 Å². The van der Waals surface area contributed by atoms with Crippen molar-refractivity contribution >= 4 is 15.9 Å². The van der Waals surface area contributed by atoms with Crippen molar-refractivity contribution in [1.82, 2.24) is 9.62 Å². The third-order valence-corrected chi connectivity index (χ3v) is 7.77. The minimum Gasteiger partial charge on any atom is -0.353 e. The first-order valence-corrected chi connectivity index (χ1v) is 10.9. The summed E-state index contributed by atoms with van der Waals surface area (Å²) in [5.41, 5.74) is 0.360. The maximum Gasteiger partial charge on any atom is 0.257 e. The van der Waals surface area contributed by atoms with Gasteiger partial charge in [0.15, 0.2) is 5.67 Å².